The maximum atomic E-state index is 11.9. The van der Waals surface area contributed by atoms with Gasteiger partial charge in [-0.05, 0) is 57.3 Å². The minimum Gasteiger partial charge on any atom is -0.474 e. The second kappa shape index (κ2) is 4.50. The van der Waals surface area contributed by atoms with Crippen molar-refractivity contribution in [3.63, 3.8) is 0 Å². The van der Waals surface area contributed by atoms with Crippen molar-refractivity contribution in [1.29, 1.82) is 0 Å². The SMILES string of the molecule is CC(C)(C)OC(=O)n1ccc(OCC(O)C2C3(CC3)C23CC3)n1. The molecule has 3 fully saturated rings. The van der Waals surface area contributed by atoms with Crippen molar-refractivity contribution >= 4 is 6.09 Å². The van der Waals surface area contributed by atoms with Crippen LogP contribution >= 0.6 is 0 Å². The van der Waals surface area contributed by atoms with Crippen molar-refractivity contribution in [2.75, 3.05) is 6.61 Å². The van der Waals surface area contributed by atoms with Gasteiger partial charge in [-0.25, -0.2) is 4.79 Å². The monoisotopic (exact) mass is 320 g/mol. The molecule has 0 radical (unpaired) electrons. The van der Waals surface area contributed by atoms with E-state index < -0.39 is 17.8 Å². The Kier molecular flexibility index (Phi) is 2.93. The van der Waals surface area contributed by atoms with Gasteiger partial charge in [0.1, 0.15) is 12.2 Å². The summed E-state index contributed by atoms with van der Waals surface area (Å²) in [6.07, 6.45) is 5.60. The number of aliphatic hydroxyl groups is 1. The molecule has 1 aromatic rings. The lowest BCUT2D eigenvalue weighted by molar-refractivity contribution is 0.0506. The first kappa shape index (κ1) is 15.0. The number of nitrogens with zero attached hydrogens (tertiary/aromatic N) is 2. The maximum Gasteiger partial charge on any atom is 0.435 e. The highest BCUT2D eigenvalue weighted by molar-refractivity contribution is 5.69. The van der Waals surface area contributed by atoms with Crippen molar-refractivity contribution < 1.29 is 19.4 Å². The summed E-state index contributed by atoms with van der Waals surface area (Å²) in [5, 5.41) is 14.5. The number of ether oxygens (including phenoxy) is 2. The summed E-state index contributed by atoms with van der Waals surface area (Å²) in [5.74, 6) is 0.744. The van der Waals surface area contributed by atoms with Gasteiger partial charge in [0.2, 0.25) is 5.88 Å². The van der Waals surface area contributed by atoms with Gasteiger partial charge in [0.05, 0.1) is 6.10 Å². The molecule has 0 aromatic carbocycles. The number of hydrogen-bond donors (Lipinski definition) is 1. The molecule has 3 aliphatic rings. The van der Waals surface area contributed by atoms with Gasteiger partial charge in [0.15, 0.2) is 0 Å². The second-order valence-electron chi connectivity index (χ2n) is 8.25. The van der Waals surface area contributed by atoms with E-state index in [0.29, 0.717) is 22.6 Å². The quantitative estimate of drug-likeness (QED) is 0.923. The standard InChI is InChI=1S/C17H24N2O4/c1-15(2,3)23-14(21)19-9-4-12(18-19)22-10-11(20)13-16(5-6-16)17(13)7-8-17/h4,9,11,13,20H,5-8,10H2,1-3H3. The molecule has 2 spiro atoms. The van der Waals surface area contributed by atoms with E-state index in [1.54, 1.807) is 26.8 Å². The van der Waals surface area contributed by atoms with Crippen LogP contribution in [0.1, 0.15) is 46.5 Å². The van der Waals surface area contributed by atoms with Crippen LogP contribution in [0.4, 0.5) is 4.79 Å². The Morgan fingerprint density at radius 3 is 2.52 bits per heavy atom. The molecular formula is C17H24N2O4. The van der Waals surface area contributed by atoms with E-state index in [4.69, 9.17) is 9.47 Å². The fourth-order valence-corrected chi connectivity index (χ4v) is 4.46. The van der Waals surface area contributed by atoms with Gasteiger partial charge in [-0.1, -0.05) is 0 Å². The van der Waals surface area contributed by atoms with E-state index in [0.717, 1.165) is 4.68 Å². The van der Waals surface area contributed by atoms with Crippen LogP contribution in [-0.2, 0) is 4.74 Å². The minimum atomic E-state index is -0.566. The minimum absolute atomic E-state index is 0.236. The molecule has 4 rings (SSSR count). The number of carbonyl (C=O) groups is 1. The largest absolute Gasteiger partial charge is 0.474 e. The molecule has 1 atom stereocenters. The first-order valence-electron chi connectivity index (χ1n) is 8.37. The van der Waals surface area contributed by atoms with Gasteiger partial charge in [-0.2, -0.15) is 4.68 Å². The van der Waals surface area contributed by atoms with Crippen LogP contribution in [0.3, 0.4) is 0 Å². The fourth-order valence-electron chi connectivity index (χ4n) is 4.46. The summed E-state index contributed by atoms with van der Waals surface area (Å²) in [6.45, 7) is 5.65. The van der Waals surface area contributed by atoms with Crippen molar-refractivity contribution in [2.45, 2.75) is 58.2 Å². The van der Waals surface area contributed by atoms with Crippen molar-refractivity contribution in [3.8, 4) is 5.88 Å². The first-order valence-corrected chi connectivity index (χ1v) is 8.37. The second-order valence-corrected chi connectivity index (χ2v) is 8.25. The molecule has 6 heteroatoms. The average molecular weight is 320 g/mol. The van der Waals surface area contributed by atoms with E-state index in [1.165, 1.54) is 31.9 Å². The number of fused-ring (bicyclic) bond motifs is 1. The molecule has 1 heterocycles. The van der Waals surface area contributed by atoms with E-state index in [9.17, 15) is 9.90 Å². The van der Waals surface area contributed by atoms with Crippen LogP contribution in [0.2, 0.25) is 0 Å². The summed E-state index contributed by atoms with van der Waals surface area (Å²) in [7, 11) is 0. The number of carbonyl (C=O) groups excluding carboxylic acids is 1. The number of hydrogen-bond acceptors (Lipinski definition) is 5. The van der Waals surface area contributed by atoms with Gasteiger partial charge in [-0.15, -0.1) is 5.10 Å². The van der Waals surface area contributed by atoms with E-state index in [-0.39, 0.29) is 6.61 Å². The topological polar surface area (TPSA) is 73.6 Å². The number of aliphatic hydroxyl groups excluding tert-OH is 1. The molecule has 1 unspecified atom stereocenters. The van der Waals surface area contributed by atoms with Crippen molar-refractivity contribution in [2.24, 2.45) is 16.7 Å². The van der Waals surface area contributed by atoms with Gasteiger partial charge in [0, 0.05) is 18.2 Å². The number of rotatable bonds is 4. The molecular weight excluding hydrogens is 296 g/mol. The molecule has 0 amide bonds. The number of aromatic nitrogens is 2. The highest BCUT2D eigenvalue weighted by atomic mass is 16.6. The smallest absolute Gasteiger partial charge is 0.435 e. The maximum absolute atomic E-state index is 11.9. The third kappa shape index (κ3) is 2.35. The van der Waals surface area contributed by atoms with E-state index >= 15 is 0 Å². The summed E-state index contributed by atoms with van der Waals surface area (Å²) in [4.78, 5) is 11.9. The van der Waals surface area contributed by atoms with Gasteiger partial charge < -0.3 is 14.6 Å². The zero-order valence-electron chi connectivity index (χ0n) is 13.9. The summed E-state index contributed by atoms with van der Waals surface area (Å²) in [5.41, 5.74) is 0.334. The van der Waals surface area contributed by atoms with Crippen molar-refractivity contribution in [1.82, 2.24) is 9.78 Å². The molecule has 0 saturated heterocycles. The Morgan fingerprint density at radius 2 is 2.00 bits per heavy atom. The zero-order valence-corrected chi connectivity index (χ0v) is 13.9. The van der Waals surface area contributed by atoms with Crippen LogP contribution < -0.4 is 4.74 Å². The highest BCUT2D eigenvalue weighted by Gasteiger charge is 2.87. The van der Waals surface area contributed by atoms with Crippen LogP contribution in [0, 0.1) is 16.7 Å². The Balaban J connectivity index is 1.31. The first-order chi connectivity index (χ1) is 10.8. The molecule has 23 heavy (non-hydrogen) atoms. The van der Waals surface area contributed by atoms with Crippen LogP contribution in [-0.4, -0.2) is 39.3 Å². The highest BCUT2D eigenvalue weighted by Crippen LogP contribution is 2.93. The van der Waals surface area contributed by atoms with E-state index in [1.807, 2.05) is 0 Å². The fraction of sp³-hybridized carbons (Fsp3) is 0.765. The van der Waals surface area contributed by atoms with Gasteiger partial charge in [0.25, 0.3) is 0 Å². The van der Waals surface area contributed by atoms with Crippen LogP contribution in [0.5, 0.6) is 5.88 Å². The lowest BCUT2D eigenvalue weighted by atomic mass is 10.2. The molecule has 1 aromatic heterocycles. The Bertz CT molecular complexity index is 619. The molecule has 0 bridgehead atoms. The predicted octanol–water partition coefficient (Wildman–Crippen LogP) is 2.60. The molecule has 126 valence electrons. The summed E-state index contributed by atoms with van der Waals surface area (Å²) in [6, 6.07) is 1.61. The lowest BCUT2D eigenvalue weighted by Gasteiger charge is -2.18. The third-order valence-electron chi connectivity index (χ3n) is 5.61. The zero-order chi connectivity index (χ0) is 16.5. The molecule has 6 nitrogen and oxygen atoms in total. The Hall–Kier alpha value is -1.56. The van der Waals surface area contributed by atoms with Crippen LogP contribution in [0.15, 0.2) is 12.3 Å². The van der Waals surface area contributed by atoms with Crippen molar-refractivity contribution in [3.05, 3.63) is 12.3 Å². The van der Waals surface area contributed by atoms with Gasteiger partial charge >= 0.3 is 6.09 Å². The average Bonchev–Trinajstić information content (AvgIpc) is 3.39. The molecule has 0 aliphatic heterocycles. The van der Waals surface area contributed by atoms with Crippen LogP contribution in [0.25, 0.3) is 0 Å². The third-order valence-corrected chi connectivity index (χ3v) is 5.61. The normalized spacial score (nSPS) is 24.5. The summed E-state index contributed by atoms with van der Waals surface area (Å²) >= 11 is 0. The molecule has 3 saturated carbocycles. The molecule has 1 N–H and O–H groups in total. The lowest BCUT2D eigenvalue weighted by Crippen LogP contribution is -2.27. The Morgan fingerprint density at radius 1 is 1.39 bits per heavy atom. The predicted molar refractivity (Wildman–Crippen MR) is 82.2 cm³/mol. The van der Waals surface area contributed by atoms with E-state index in [2.05, 4.69) is 5.10 Å². The molecule has 3 aliphatic carbocycles. The Labute approximate surface area is 135 Å². The summed E-state index contributed by atoms with van der Waals surface area (Å²) < 4.78 is 11.9. The van der Waals surface area contributed by atoms with Gasteiger partial charge in [-0.3, -0.25) is 0 Å².